The number of hydrogen-bond donors (Lipinski definition) is 4. The molecule has 4 aromatic carbocycles. The number of nitrogens with two attached hydrogens (primary N) is 1. The number of thioether (sulfide) groups is 1. The fourth-order valence-electron chi connectivity index (χ4n) is 4.06. The van der Waals surface area contributed by atoms with E-state index in [0.29, 0.717) is 39.8 Å². The van der Waals surface area contributed by atoms with Gasteiger partial charge in [-0.1, -0.05) is 42.5 Å². The van der Waals surface area contributed by atoms with Crippen LogP contribution in [0.15, 0.2) is 119 Å². The van der Waals surface area contributed by atoms with Gasteiger partial charge in [-0.15, -0.1) is 11.8 Å². The highest BCUT2D eigenvalue weighted by Gasteiger charge is 2.18. The second kappa shape index (κ2) is 15.2. The summed E-state index contributed by atoms with van der Waals surface area (Å²) in [5.74, 6) is -0.749. The molecule has 232 valence electrons. The number of nitrogens with one attached hydrogen (secondary N) is 3. The van der Waals surface area contributed by atoms with E-state index in [4.69, 9.17) is 9.88 Å². The van der Waals surface area contributed by atoms with Crippen LogP contribution in [-0.4, -0.2) is 38.0 Å². The van der Waals surface area contributed by atoms with Gasteiger partial charge in [-0.2, -0.15) is 0 Å². The van der Waals surface area contributed by atoms with Crippen LogP contribution < -0.4 is 25.8 Å². The molecule has 0 aliphatic carbocycles. The molecule has 0 saturated carbocycles. The van der Waals surface area contributed by atoms with Gasteiger partial charge in [0.15, 0.2) is 0 Å². The zero-order valence-corrected chi connectivity index (χ0v) is 26.2. The maximum absolute atomic E-state index is 13.5. The maximum atomic E-state index is 13.5. The van der Waals surface area contributed by atoms with Crippen molar-refractivity contribution in [3.05, 3.63) is 120 Å². The van der Waals surface area contributed by atoms with Crippen LogP contribution in [0, 0.1) is 0 Å². The third-order valence-electron chi connectivity index (χ3n) is 6.27. The molecule has 0 fully saturated rings. The highest BCUT2D eigenvalue weighted by molar-refractivity contribution is 8.00. The maximum Gasteiger partial charge on any atom is 0.272 e. The Morgan fingerprint density at radius 1 is 0.867 bits per heavy atom. The lowest BCUT2D eigenvalue weighted by atomic mass is 10.1. The zero-order valence-electron chi connectivity index (χ0n) is 24.5. The number of carbonyl (C=O) groups excluding carboxylic acids is 3. The molecular weight excluding hydrogens is 613 g/mol. The molecule has 0 saturated heterocycles. The van der Waals surface area contributed by atoms with E-state index in [2.05, 4.69) is 16.0 Å². The molecule has 1 unspecified atom stereocenters. The minimum absolute atomic E-state index is 0.00950. The predicted octanol–water partition coefficient (Wildman–Crippen LogP) is 5.26. The van der Waals surface area contributed by atoms with Crippen LogP contribution in [0.3, 0.4) is 0 Å². The standard InChI is InChI=1S/C33H32N4O6S2/c1-3-43-30-15-8-7-12-24(30)20-29(37-32(39)23-10-5-4-6-11-23)33(40)36-26-13-9-14-27(21-26)44-22(2)31(38)35-25-16-18-28(19-17-25)45(34,41)42/h4-22H,3H2,1-2H3,(H,35,38)(H,36,40)(H,37,39)(H2,34,41,42)/b29-20+. The van der Waals surface area contributed by atoms with E-state index in [-0.39, 0.29) is 16.5 Å². The average molecular weight is 645 g/mol. The van der Waals surface area contributed by atoms with Crippen LogP contribution in [0.2, 0.25) is 0 Å². The third kappa shape index (κ3) is 9.54. The highest BCUT2D eigenvalue weighted by atomic mass is 32.2. The first-order valence-corrected chi connectivity index (χ1v) is 16.3. The van der Waals surface area contributed by atoms with E-state index in [9.17, 15) is 22.8 Å². The molecule has 45 heavy (non-hydrogen) atoms. The van der Waals surface area contributed by atoms with Gasteiger partial charge in [-0.25, -0.2) is 13.6 Å². The van der Waals surface area contributed by atoms with Gasteiger partial charge in [0, 0.05) is 27.4 Å². The van der Waals surface area contributed by atoms with Gasteiger partial charge >= 0.3 is 0 Å². The number of sulfonamides is 1. The number of benzene rings is 4. The van der Waals surface area contributed by atoms with E-state index in [1.165, 1.54) is 36.0 Å². The minimum atomic E-state index is -3.84. The van der Waals surface area contributed by atoms with Gasteiger partial charge < -0.3 is 20.7 Å². The molecule has 0 spiro atoms. The molecule has 0 bridgehead atoms. The van der Waals surface area contributed by atoms with Gasteiger partial charge in [0.05, 0.1) is 16.8 Å². The first-order valence-electron chi connectivity index (χ1n) is 13.8. The fraction of sp³-hybridized carbons (Fsp3) is 0.121. The largest absolute Gasteiger partial charge is 0.493 e. The van der Waals surface area contributed by atoms with Crippen LogP contribution in [-0.2, 0) is 19.6 Å². The van der Waals surface area contributed by atoms with Crippen molar-refractivity contribution in [2.24, 2.45) is 5.14 Å². The van der Waals surface area contributed by atoms with Gasteiger partial charge in [0.25, 0.3) is 11.8 Å². The Balaban J connectivity index is 1.49. The Morgan fingerprint density at radius 2 is 1.56 bits per heavy atom. The molecule has 0 aromatic heterocycles. The summed E-state index contributed by atoms with van der Waals surface area (Å²) in [5, 5.41) is 12.9. The molecule has 4 aromatic rings. The summed E-state index contributed by atoms with van der Waals surface area (Å²) in [7, 11) is -3.84. The zero-order chi connectivity index (χ0) is 32.4. The molecular formula is C33H32N4O6S2. The lowest BCUT2D eigenvalue weighted by molar-refractivity contribution is -0.115. The fourth-order valence-corrected chi connectivity index (χ4v) is 5.50. The van der Waals surface area contributed by atoms with Crippen LogP contribution in [0.1, 0.15) is 29.8 Å². The second-order valence-electron chi connectivity index (χ2n) is 9.65. The van der Waals surface area contributed by atoms with Crippen molar-refractivity contribution >= 4 is 57.0 Å². The molecule has 0 aliphatic heterocycles. The number of ether oxygens (including phenoxy) is 1. The first kappa shape index (κ1) is 33.0. The molecule has 12 heteroatoms. The Kier molecular flexibility index (Phi) is 11.1. The van der Waals surface area contributed by atoms with Gasteiger partial charge in [-0.3, -0.25) is 14.4 Å². The van der Waals surface area contributed by atoms with Crippen molar-refractivity contribution < 1.29 is 27.5 Å². The summed E-state index contributed by atoms with van der Waals surface area (Å²) < 4.78 is 28.6. The molecule has 3 amide bonds. The number of carbonyl (C=O) groups is 3. The number of para-hydroxylation sites is 1. The van der Waals surface area contributed by atoms with E-state index in [1.54, 1.807) is 85.8 Å². The van der Waals surface area contributed by atoms with E-state index in [1.807, 2.05) is 13.0 Å². The van der Waals surface area contributed by atoms with E-state index < -0.39 is 27.1 Å². The number of hydrogen-bond acceptors (Lipinski definition) is 7. The molecule has 10 nitrogen and oxygen atoms in total. The van der Waals surface area contributed by atoms with Crippen LogP contribution in [0.5, 0.6) is 5.75 Å². The SMILES string of the molecule is CCOc1ccccc1/C=C(/NC(=O)c1ccccc1)C(=O)Nc1cccc(SC(C)C(=O)Nc2ccc(S(N)(=O)=O)cc2)c1. The Bertz CT molecular complexity index is 1810. The topological polar surface area (TPSA) is 157 Å². The Labute approximate surface area is 266 Å². The van der Waals surface area contributed by atoms with Crippen molar-refractivity contribution in [3.63, 3.8) is 0 Å². The van der Waals surface area contributed by atoms with Crippen molar-refractivity contribution in [1.82, 2.24) is 5.32 Å². The summed E-state index contributed by atoms with van der Waals surface area (Å²) in [6.45, 7) is 4.00. The first-order chi connectivity index (χ1) is 21.5. The molecule has 0 aliphatic rings. The van der Waals surface area contributed by atoms with E-state index in [0.717, 1.165) is 0 Å². The van der Waals surface area contributed by atoms with Crippen LogP contribution >= 0.6 is 11.8 Å². The van der Waals surface area contributed by atoms with Crippen molar-refractivity contribution in [1.29, 1.82) is 0 Å². The predicted molar refractivity (Wildman–Crippen MR) is 176 cm³/mol. The number of rotatable bonds is 12. The quantitative estimate of drug-likeness (QED) is 0.121. The normalized spacial score (nSPS) is 12.1. The van der Waals surface area contributed by atoms with Gasteiger partial charge in [0.2, 0.25) is 15.9 Å². The van der Waals surface area contributed by atoms with E-state index >= 15 is 0 Å². The molecule has 0 radical (unpaired) electrons. The summed E-state index contributed by atoms with van der Waals surface area (Å²) >= 11 is 1.27. The second-order valence-corrected chi connectivity index (χ2v) is 12.6. The third-order valence-corrected chi connectivity index (χ3v) is 8.29. The molecule has 5 N–H and O–H groups in total. The number of amides is 3. The van der Waals surface area contributed by atoms with Gasteiger partial charge in [-0.05, 0) is 80.6 Å². The summed E-state index contributed by atoms with van der Waals surface area (Å²) in [6.07, 6.45) is 1.56. The summed E-state index contributed by atoms with van der Waals surface area (Å²) in [5.41, 5.74) is 1.88. The van der Waals surface area contributed by atoms with Crippen molar-refractivity contribution in [3.8, 4) is 5.75 Å². The lowest BCUT2D eigenvalue weighted by Crippen LogP contribution is -2.30. The summed E-state index contributed by atoms with van der Waals surface area (Å²) in [6, 6.07) is 28.3. The lowest BCUT2D eigenvalue weighted by Gasteiger charge is -2.15. The van der Waals surface area contributed by atoms with Crippen LogP contribution in [0.4, 0.5) is 11.4 Å². The van der Waals surface area contributed by atoms with Crippen molar-refractivity contribution in [2.45, 2.75) is 28.9 Å². The average Bonchev–Trinajstić information content (AvgIpc) is 3.02. The van der Waals surface area contributed by atoms with Crippen LogP contribution in [0.25, 0.3) is 6.08 Å². The van der Waals surface area contributed by atoms with Gasteiger partial charge in [0.1, 0.15) is 11.4 Å². The number of anilines is 2. The Hall–Kier alpha value is -4.91. The molecule has 0 heterocycles. The minimum Gasteiger partial charge on any atom is -0.493 e. The monoisotopic (exact) mass is 644 g/mol. The highest BCUT2D eigenvalue weighted by Crippen LogP contribution is 2.27. The smallest absolute Gasteiger partial charge is 0.272 e. The van der Waals surface area contributed by atoms with Crippen molar-refractivity contribution in [2.75, 3.05) is 17.2 Å². The number of primary sulfonamides is 1. The molecule has 1 atom stereocenters. The summed E-state index contributed by atoms with van der Waals surface area (Å²) in [4.78, 5) is 40.0. The molecule has 4 rings (SSSR count). The Morgan fingerprint density at radius 3 is 2.24 bits per heavy atom.